The molecule has 1 aromatic heterocycles. The number of nitrogen functional groups attached to an aromatic ring is 1. The molecule has 0 aliphatic carbocycles. The highest BCUT2D eigenvalue weighted by Crippen LogP contribution is 2.14. The topological polar surface area (TPSA) is 61.0 Å². The molecule has 15 heavy (non-hydrogen) atoms. The van der Waals surface area contributed by atoms with Crippen molar-refractivity contribution in [3.63, 3.8) is 0 Å². The van der Waals surface area contributed by atoms with E-state index in [0.717, 1.165) is 28.8 Å². The van der Waals surface area contributed by atoms with Crippen LogP contribution in [0.4, 0.5) is 5.69 Å². The molecule has 0 unspecified atom stereocenters. The molecule has 4 heteroatoms. The summed E-state index contributed by atoms with van der Waals surface area (Å²) in [5, 5.41) is 0.969. The van der Waals surface area contributed by atoms with Gasteiger partial charge in [-0.3, -0.25) is 0 Å². The molecule has 0 radical (unpaired) electrons. The van der Waals surface area contributed by atoms with E-state index in [-0.39, 0.29) is 0 Å². The van der Waals surface area contributed by atoms with Crippen LogP contribution in [0.25, 0.3) is 10.9 Å². The summed E-state index contributed by atoms with van der Waals surface area (Å²) in [6.07, 6.45) is 2.53. The maximum absolute atomic E-state index is 5.67. The second kappa shape index (κ2) is 4.23. The van der Waals surface area contributed by atoms with E-state index >= 15 is 0 Å². The summed E-state index contributed by atoms with van der Waals surface area (Å²) in [6, 6.07) is 5.62. The Morgan fingerprint density at radius 3 is 3.07 bits per heavy atom. The minimum atomic E-state index is 0.639. The van der Waals surface area contributed by atoms with E-state index in [4.69, 9.17) is 10.5 Å². The van der Waals surface area contributed by atoms with Gasteiger partial charge in [-0.25, -0.2) is 9.97 Å². The lowest BCUT2D eigenvalue weighted by Crippen LogP contribution is -2.00. The molecule has 0 saturated carbocycles. The zero-order valence-electron chi connectivity index (χ0n) is 8.60. The van der Waals surface area contributed by atoms with Gasteiger partial charge in [0.15, 0.2) is 0 Å². The van der Waals surface area contributed by atoms with Crippen LogP contribution in [0.2, 0.25) is 0 Å². The molecule has 1 aromatic carbocycles. The maximum Gasteiger partial charge on any atom is 0.131 e. The molecule has 0 aliphatic rings. The second-order valence-corrected chi connectivity index (χ2v) is 3.35. The third-order valence-electron chi connectivity index (χ3n) is 2.18. The molecule has 0 spiro atoms. The number of benzene rings is 1. The Bertz CT molecular complexity index is 470. The van der Waals surface area contributed by atoms with Crippen LogP contribution in [0, 0.1) is 0 Å². The molecule has 78 valence electrons. The monoisotopic (exact) mass is 203 g/mol. The zero-order valence-corrected chi connectivity index (χ0v) is 8.60. The number of rotatable bonds is 3. The normalized spacial score (nSPS) is 10.7. The Hall–Kier alpha value is -1.68. The summed E-state index contributed by atoms with van der Waals surface area (Å²) < 4.78 is 4.98. The summed E-state index contributed by atoms with van der Waals surface area (Å²) in [5.41, 5.74) is 7.32. The first kappa shape index (κ1) is 9.86. The Morgan fingerprint density at radius 2 is 2.27 bits per heavy atom. The molecule has 2 N–H and O–H groups in total. The number of methoxy groups -OCH3 is 1. The highest BCUT2D eigenvalue weighted by atomic mass is 16.5. The van der Waals surface area contributed by atoms with Gasteiger partial charge in [0, 0.05) is 30.8 Å². The molecule has 2 aromatic rings. The quantitative estimate of drug-likeness (QED) is 0.766. The van der Waals surface area contributed by atoms with Crippen molar-refractivity contribution in [2.75, 3.05) is 19.5 Å². The first-order chi connectivity index (χ1) is 7.29. The van der Waals surface area contributed by atoms with E-state index in [2.05, 4.69) is 9.97 Å². The number of ether oxygens (including phenoxy) is 1. The number of hydrogen-bond acceptors (Lipinski definition) is 4. The van der Waals surface area contributed by atoms with Crippen LogP contribution in [0.1, 0.15) is 5.82 Å². The molecule has 0 amide bonds. The van der Waals surface area contributed by atoms with Crippen molar-refractivity contribution in [3.8, 4) is 0 Å². The van der Waals surface area contributed by atoms with Crippen LogP contribution in [0.3, 0.4) is 0 Å². The minimum absolute atomic E-state index is 0.639. The van der Waals surface area contributed by atoms with Crippen molar-refractivity contribution in [2.24, 2.45) is 0 Å². The Balaban J connectivity index is 2.34. The fourth-order valence-corrected chi connectivity index (χ4v) is 1.40. The van der Waals surface area contributed by atoms with Gasteiger partial charge < -0.3 is 10.5 Å². The largest absolute Gasteiger partial charge is 0.399 e. The molecule has 1 heterocycles. The minimum Gasteiger partial charge on any atom is -0.399 e. The highest BCUT2D eigenvalue weighted by molar-refractivity contribution is 5.80. The molecule has 0 bridgehead atoms. The van der Waals surface area contributed by atoms with E-state index in [0.29, 0.717) is 6.61 Å². The second-order valence-electron chi connectivity index (χ2n) is 3.35. The van der Waals surface area contributed by atoms with Crippen LogP contribution in [0.15, 0.2) is 24.4 Å². The van der Waals surface area contributed by atoms with Gasteiger partial charge in [-0.05, 0) is 18.2 Å². The first-order valence-electron chi connectivity index (χ1n) is 4.79. The standard InChI is InChI=1S/C11H13N3O/c1-15-5-4-11-13-7-8-6-9(12)2-3-10(8)14-11/h2-3,6-7H,4-5,12H2,1H3. The van der Waals surface area contributed by atoms with Crippen LogP contribution >= 0.6 is 0 Å². The predicted molar refractivity (Wildman–Crippen MR) is 59.5 cm³/mol. The lowest BCUT2D eigenvalue weighted by atomic mass is 10.2. The molecule has 0 saturated heterocycles. The van der Waals surface area contributed by atoms with E-state index in [9.17, 15) is 0 Å². The van der Waals surface area contributed by atoms with Gasteiger partial charge in [0.05, 0.1) is 12.1 Å². The van der Waals surface area contributed by atoms with E-state index in [1.54, 1.807) is 13.3 Å². The van der Waals surface area contributed by atoms with Gasteiger partial charge >= 0.3 is 0 Å². The van der Waals surface area contributed by atoms with E-state index in [1.165, 1.54) is 0 Å². The van der Waals surface area contributed by atoms with Gasteiger partial charge in [0.25, 0.3) is 0 Å². The number of hydrogen-bond donors (Lipinski definition) is 1. The number of nitrogens with two attached hydrogens (primary N) is 1. The zero-order chi connectivity index (χ0) is 10.7. The van der Waals surface area contributed by atoms with Crippen LogP contribution in [0.5, 0.6) is 0 Å². The average molecular weight is 203 g/mol. The molecule has 2 rings (SSSR count). The lowest BCUT2D eigenvalue weighted by molar-refractivity contribution is 0.200. The number of anilines is 1. The third-order valence-corrected chi connectivity index (χ3v) is 2.18. The van der Waals surface area contributed by atoms with Crippen LogP contribution in [-0.4, -0.2) is 23.7 Å². The summed E-state index contributed by atoms with van der Waals surface area (Å²) >= 11 is 0. The first-order valence-corrected chi connectivity index (χ1v) is 4.79. The fraction of sp³-hybridized carbons (Fsp3) is 0.273. The number of nitrogens with zero attached hydrogens (tertiary/aromatic N) is 2. The molecule has 0 fully saturated rings. The lowest BCUT2D eigenvalue weighted by Gasteiger charge is -2.02. The van der Waals surface area contributed by atoms with Gasteiger partial charge in [-0.1, -0.05) is 0 Å². The van der Waals surface area contributed by atoms with Gasteiger partial charge in [-0.2, -0.15) is 0 Å². The van der Waals surface area contributed by atoms with Gasteiger partial charge in [0.2, 0.25) is 0 Å². The van der Waals surface area contributed by atoms with Gasteiger partial charge in [-0.15, -0.1) is 0 Å². The predicted octanol–water partition coefficient (Wildman–Crippen LogP) is 1.40. The highest BCUT2D eigenvalue weighted by Gasteiger charge is 2.00. The Labute approximate surface area is 88.1 Å². The Kier molecular flexibility index (Phi) is 2.78. The molecule has 0 aliphatic heterocycles. The van der Waals surface area contributed by atoms with Crippen molar-refractivity contribution >= 4 is 16.6 Å². The molecular formula is C11H13N3O. The third kappa shape index (κ3) is 2.22. The molecule has 0 atom stereocenters. The average Bonchev–Trinajstić information content (AvgIpc) is 2.26. The maximum atomic E-state index is 5.67. The number of aromatic nitrogens is 2. The van der Waals surface area contributed by atoms with Crippen molar-refractivity contribution in [1.29, 1.82) is 0 Å². The fourth-order valence-electron chi connectivity index (χ4n) is 1.40. The summed E-state index contributed by atoms with van der Waals surface area (Å²) in [7, 11) is 1.67. The number of fused-ring (bicyclic) bond motifs is 1. The molecule has 4 nitrogen and oxygen atoms in total. The van der Waals surface area contributed by atoms with Crippen molar-refractivity contribution in [1.82, 2.24) is 9.97 Å². The van der Waals surface area contributed by atoms with Crippen molar-refractivity contribution in [2.45, 2.75) is 6.42 Å². The van der Waals surface area contributed by atoms with Gasteiger partial charge in [0.1, 0.15) is 5.82 Å². The van der Waals surface area contributed by atoms with E-state index in [1.807, 2.05) is 18.2 Å². The molecular weight excluding hydrogens is 190 g/mol. The Morgan fingerprint density at radius 1 is 1.40 bits per heavy atom. The van der Waals surface area contributed by atoms with Crippen molar-refractivity contribution < 1.29 is 4.74 Å². The van der Waals surface area contributed by atoms with E-state index < -0.39 is 0 Å². The van der Waals surface area contributed by atoms with Crippen LogP contribution < -0.4 is 5.73 Å². The van der Waals surface area contributed by atoms with Crippen LogP contribution in [-0.2, 0) is 11.2 Å². The SMILES string of the molecule is COCCc1ncc2cc(N)ccc2n1. The smallest absolute Gasteiger partial charge is 0.131 e. The van der Waals surface area contributed by atoms with Crippen molar-refractivity contribution in [3.05, 3.63) is 30.2 Å². The summed E-state index contributed by atoms with van der Waals surface area (Å²) in [5.74, 6) is 0.800. The summed E-state index contributed by atoms with van der Waals surface area (Å²) in [6.45, 7) is 0.639. The summed E-state index contributed by atoms with van der Waals surface area (Å²) in [4.78, 5) is 8.65.